The monoisotopic (exact) mass is 1480 g/mol. The van der Waals surface area contributed by atoms with Gasteiger partial charge in [0.25, 0.3) is 0 Å². The maximum atomic E-state index is 13.5. The molecule has 17 atom stereocenters. The van der Waals surface area contributed by atoms with Crippen LogP contribution in [0, 0.1) is 0 Å². The Morgan fingerprint density at radius 2 is 0.635 bits per heavy atom. The zero-order chi connectivity index (χ0) is 75.3. The van der Waals surface area contributed by atoms with Crippen LogP contribution < -0.4 is 5.32 Å². The number of allylic oxidation sites excluding steroid dienone is 7. The molecule has 0 bridgehead atoms. The van der Waals surface area contributed by atoms with Gasteiger partial charge in [-0.1, -0.05) is 339 Å². The molecule has 3 fully saturated rings. The Morgan fingerprint density at radius 1 is 0.346 bits per heavy atom. The maximum absolute atomic E-state index is 13.5. The second-order valence-electron chi connectivity index (χ2n) is 30.6. The molecule has 0 aromatic carbocycles. The second kappa shape index (κ2) is 65.5. The summed E-state index contributed by atoms with van der Waals surface area (Å²) >= 11 is 0. The summed E-state index contributed by atoms with van der Waals surface area (Å²) in [6.07, 6.45) is 56.7. The van der Waals surface area contributed by atoms with Gasteiger partial charge in [0.15, 0.2) is 18.9 Å². The van der Waals surface area contributed by atoms with E-state index in [0.717, 1.165) is 64.2 Å². The lowest BCUT2D eigenvalue weighted by Gasteiger charge is -2.48. The summed E-state index contributed by atoms with van der Waals surface area (Å²) in [4.78, 5) is 13.5. The normalized spacial score (nSPS) is 26.1. The lowest BCUT2D eigenvalue weighted by atomic mass is 9.96. The molecule has 0 radical (unpaired) electrons. The van der Waals surface area contributed by atoms with Gasteiger partial charge < -0.3 is 89.9 Å². The summed E-state index contributed by atoms with van der Waals surface area (Å²) in [5, 5.41) is 121. The smallest absolute Gasteiger partial charge is 0.220 e. The molecule has 3 saturated heterocycles. The molecule has 3 aliphatic rings. The van der Waals surface area contributed by atoms with Crippen LogP contribution in [0.1, 0.15) is 354 Å². The number of aliphatic hydroxyl groups excluding tert-OH is 11. The average Bonchev–Trinajstić information content (AvgIpc) is 0.783. The third-order valence-corrected chi connectivity index (χ3v) is 21.4. The van der Waals surface area contributed by atoms with Crippen molar-refractivity contribution in [1.82, 2.24) is 5.32 Å². The van der Waals surface area contributed by atoms with Crippen LogP contribution in [0.3, 0.4) is 0 Å². The van der Waals surface area contributed by atoms with E-state index in [9.17, 15) is 61.0 Å². The van der Waals surface area contributed by atoms with E-state index < -0.39 is 124 Å². The van der Waals surface area contributed by atoms with Crippen LogP contribution >= 0.6 is 0 Å². The van der Waals surface area contributed by atoms with E-state index >= 15 is 0 Å². The highest BCUT2D eigenvalue weighted by atomic mass is 16.8. The van der Waals surface area contributed by atoms with Gasteiger partial charge in [-0.05, 0) is 57.8 Å². The van der Waals surface area contributed by atoms with Gasteiger partial charge in [0.1, 0.15) is 73.2 Å². The lowest BCUT2D eigenvalue weighted by Crippen LogP contribution is -2.66. The molecule has 19 nitrogen and oxygen atoms in total. The number of carbonyl (C=O) groups excluding carboxylic acids is 1. The van der Waals surface area contributed by atoms with Crippen LogP contribution in [-0.2, 0) is 33.2 Å². The molecule has 3 heterocycles. The third kappa shape index (κ3) is 44.6. The number of ether oxygens (including phenoxy) is 6. The van der Waals surface area contributed by atoms with Crippen molar-refractivity contribution in [3.05, 3.63) is 48.6 Å². The Labute approximate surface area is 631 Å². The Balaban J connectivity index is 1.36. The third-order valence-electron chi connectivity index (χ3n) is 21.4. The van der Waals surface area contributed by atoms with Crippen LogP contribution in [0.4, 0.5) is 0 Å². The molecular formula is C85H157NO18. The predicted octanol–water partition coefficient (Wildman–Crippen LogP) is 15.2. The first-order valence-electron chi connectivity index (χ1n) is 42.9. The highest BCUT2D eigenvalue weighted by Gasteiger charge is 2.54. The average molecular weight is 1480 g/mol. The minimum atomic E-state index is -1.98. The zero-order valence-corrected chi connectivity index (χ0v) is 65.5. The minimum Gasteiger partial charge on any atom is -0.394 e. The van der Waals surface area contributed by atoms with Gasteiger partial charge in [-0.3, -0.25) is 4.79 Å². The molecule has 0 aromatic rings. The molecule has 1 amide bonds. The molecule has 610 valence electrons. The van der Waals surface area contributed by atoms with Crippen LogP contribution in [-0.4, -0.2) is 193 Å². The lowest BCUT2D eigenvalue weighted by molar-refractivity contribution is -0.379. The fraction of sp³-hybridized carbons (Fsp3) is 0.894. The first-order chi connectivity index (χ1) is 50.8. The molecule has 19 heteroatoms. The van der Waals surface area contributed by atoms with Crippen molar-refractivity contribution in [3.8, 4) is 0 Å². The van der Waals surface area contributed by atoms with Crippen LogP contribution in [0.2, 0.25) is 0 Å². The molecular weight excluding hydrogens is 1320 g/mol. The number of nitrogens with one attached hydrogen (secondary N) is 1. The van der Waals surface area contributed by atoms with Gasteiger partial charge in [-0.25, -0.2) is 0 Å². The van der Waals surface area contributed by atoms with Crippen molar-refractivity contribution in [3.63, 3.8) is 0 Å². The van der Waals surface area contributed by atoms with E-state index in [4.69, 9.17) is 28.4 Å². The number of unbranched alkanes of at least 4 members (excludes halogenated alkanes) is 47. The van der Waals surface area contributed by atoms with Crippen molar-refractivity contribution in [2.75, 3.05) is 26.4 Å². The van der Waals surface area contributed by atoms with Crippen LogP contribution in [0.25, 0.3) is 0 Å². The van der Waals surface area contributed by atoms with Crippen molar-refractivity contribution in [1.29, 1.82) is 0 Å². The van der Waals surface area contributed by atoms with E-state index in [1.165, 1.54) is 263 Å². The van der Waals surface area contributed by atoms with Gasteiger partial charge in [0, 0.05) is 6.42 Å². The van der Waals surface area contributed by atoms with Gasteiger partial charge in [0.2, 0.25) is 5.91 Å². The standard InChI is InChI=1S/C85H157NO18/c1-3-5-7-9-11-13-15-17-19-21-23-25-27-29-31-32-33-34-35-37-38-40-42-44-46-48-50-52-54-56-58-60-62-69(90)68(86-73(91)63-61-59-57-55-53-51-49-47-45-43-41-39-36-30-28-26-24-22-20-18-16-14-12-10-8-6-4-2)67-99-83-79(97)76(94)81(71(65-88)101-83)104-85-80(98)77(95)82(72(66-89)102-85)103-84-78(96)75(93)74(92)70(64-87)100-84/h16,18,22,24,28,30,60,62,68-72,74-85,87-90,92-98H,3-15,17,19-21,23,25-27,29,31-59,61,63-67H2,1-2H3,(H,86,91)/b18-16-,24-22-,30-28-,62-60+. The summed E-state index contributed by atoms with van der Waals surface area (Å²) in [5.74, 6) is -0.273. The van der Waals surface area contributed by atoms with E-state index in [1.807, 2.05) is 6.08 Å². The van der Waals surface area contributed by atoms with Crippen molar-refractivity contribution >= 4 is 5.91 Å². The van der Waals surface area contributed by atoms with Crippen LogP contribution in [0.5, 0.6) is 0 Å². The molecule has 0 saturated carbocycles. The first-order valence-corrected chi connectivity index (χ1v) is 42.9. The number of aliphatic hydroxyl groups is 11. The summed E-state index contributed by atoms with van der Waals surface area (Å²) < 4.78 is 34.5. The fourth-order valence-electron chi connectivity index (χ4n) is 14.5. The Hall–Kier alpha value is -2.25. The highest BCUT2D eigenvalue weighted by Crippen LogP contribution is 2.33. The predicted molar refractivity (Wildman–Crippen MR) is 416 cm³/mol. The number of amides is 1. The zero-order valence-electron chi connectivity index (χ0n) is 65.5. The molecule has 17 unspecified atom stereocenters. The molecule has 12 N–H and O–H groups in total. The van der Waals surface area contributed by atoms with E-state index in [1.54, 1.807) is 6.08 Å². The van der Waals surface area contributed by atoms with Crippen molar-refractivity contribution in [2.24, 2.45) is 0 Å². The molecule has 3 rings (SSSR count). The Morgan fingerprint density at radius 3 is 0.990 bits per heavy atom. The van der Waals surface area contributed by atoms with Gasteiger partial charge >= 0.3 is 0 Å². The number of hydrogen-bond acceptors (Lipinski definition) is 18. The highest BCUT2D eigenvalue weighted by molar-refractivity contribution is 5.76. The molecule has 0 aromatic heterocycles. The molecule has 3 aliphatic heterocycles. The number of carbonyl (C=O) groups is 1. The van der Waals surface area contributed by atoms with E-state index in [2.05, 4.69) is 55.6 Å². The topological polar surface area (TPSA) is 307 Å². The van der Waals surface area contributed by atoms with Gasteiger partial charge in [0.05, 0.1) is 38.6 Å². The van der Waals surface area contributed by atoms with E-state index in [0.29, 0.717) is 6.42 Å². The fourth-order valence-corrected chi connectivity index (χ4v) is 14.5. The largest absolute Gasteiger partial charge is 0.394 e. The van der Waals surface area contributed by atoms with Crippen LogP contribution in [0.15, 0.2) is 48.6 Å². The quantitative estimate of drug-likeness (QED) is 0.0199. The molecule has 104 heavy (non-hydrogen) atoms. The Kier molecular flexibility index (Phi) is 60.4. The SMILES string of the molecule is CCCCCCC/C=C\C/C=C\C/C=C\CCCCCCCCCCCCCCC(=O)NC(COC1OC(CO)C(OC2OC(CO)C(OC3OC(CO)C(O)C(O)C3O)C(O)C2O)C(O)C1O)C(O)/C=C/CCCCCCCCCCCCCCCCCCCCCCCCCCCCCCCC. The number of rotatable bonds is 69. The van der Waals surface area contributed by atoms with E-state index in [-0.39, 0.29) is 18.9 Å². The second-order valence-corrected chi connectivity index (χ2v) is 30.6. The first kappa shape index (κ1) is 96.0. The number of hydrogen-bond donors (Lipinski definition) is 12. The van der Waals surface area contributed by atoms with Crippen molar-refractivity contribution in [2.45, 2.75) is 458 Å². The van der Waals surface area contributed by atoms with Gasteiger partial charge in [-0.2, -0.15) is 0 Å². The summed E-state index contributed by atoms with van der Waals surface area (Å²) in [7, 11) is 0. The minimum absolute atomic E-state index is 0.241. The molecule has 0 aliphatic carbocycles. The van der Waals surface area contributed by atoms with Gasteiger partial charge in [-0.15, -0.1) is 0 Å². The summed E-state index contributed by atoms with van der Waals surface area (Å²) in [6, 6.07) is -0.978. The molecule has 0 spiro atoms. The Bertz CT molecular complexity index is 2060. The summed E-state index contributed by atoms with van der Waals surface area (Å²) in [5.41, 5.74) is 0. The van der Waals surface area contributed by atoms with Crippen molar-refractivity contribution < 1.29 is 89.4 Å². The maximum Gasteiger partial charge on any atom is 0.220 e. The summed E-state index contributed by atoms with van der Waals surface area (Å²) in [6.45, 7) is 1.78.